The Bertz CT molecular complexity index is 1430. The fourth-order valence-corrected chi connectivity index (χ4v) is 12.3. The maximum absolute atomic E-state index is 13.3. The minimum atomic E-state index is -1.67. The third-order valence-electron chi connectivity index (χ3n) is 18.2. The Labute approximate surface area is 524 Å². The van der Waals surface area contributed by atoms with E-state index in [-0.39, 0.29) is 12.8 Å². The van der Waals surface area contributed by atoms with Gasteiger partial charge in [0.25, 0.3) is 0 Å². The Morgan fingerprint density at radius 2 is 0.706 bits per heavy atom. The van der Waals surface area contributed by atoms with Gasteiger partial charge in [0, 0.05) is 0 Å². The average molecular weight is 1210 g/mol. The van der Waals surface area contributed by atoms with Crippen LogP contribution in [0.2, 0.25) is 0 Å². The molecule has 1 saturated heterocycles. The number of carbonyl (C=O) groups is 1. The molecule has 1 aliphatic heterocycles. The predicted molar refractivity (Wildman–Crippen MR) is 358 cm³/mol. The lowest BCUT2D eigenvalue weighted by molar-refractivity contribution is -0.303. The van der Waals surface area contributed by atoms with E-state index in [1.807, 2.05) is 0 Å². The number of allylic oxidation sites excluding steroid dienone is 4. The van der Waals surface area contributed by atoms with Gasteiger partial charge >= 0.3 is 0 Å². The first-order valence-electron chi connectivity index (χ1n) is 37.2. The summed E-state index contributed by atoms with van der Waals surface area (Å²) < 4.78 is 11.2. The van der Waals surface area contributed by atoms with Crippen molar-refractivity contribution in [3.05, 3.63) is 24.3 Å². The van der Waals surface area contributed by atoms with Gasteiger partial charge in [0.2, 0.25) is 5.91 Å². The van der Waals surface area contributed by atoms with E-state index in [0.29, 0.717) is 19.3 Å². The number of rotatable bonds is 66. The zero-order valence-corrected chi connectivity index (χ0v) is 55.9. The molecule has 0 aromatic heterocycles. The van der Waals surface area contributed by atoms with E-state index >= 15 is 0 Å². The topological polar surface area (TPSA) is 189 Å². The van der Waals surface area contributed by atoms with E-state index in [4.69, 9.17) is 9.47 Å². The fraction of sp³-hybridized carbons (Fsp3) is 0.932. The third kappa shape index (κ3) is 50.0. The van der Waals surface area contributed by atoms with Crippen LogP contribution in [0.3, 0.4) is 0 Å². The van der Waals surface area contributed by atoms with Crippen LogP contribution in [0.15, 0.2) is 24.3 Å². The highest BCUT2D eigenvalue weighted by molar-refractivity contribution is 5.80. The van der Waals surface area contributed by atoms with Crippen molar-refractivity contribution in [1.82, 2.24) is 5.32 Å². The molecule has 0 spiro atoms. The molecule has 0 aromatic rings. The van der Waals surface area contributed by atoms with Gasteiger partial charge in [-0.25, -0.2) is 0 Å². The Kier molecular flexibility index (Phi) is 60.3. The molecule has 9 unspecified atom stereocenters. The molecule has 0 radical (unpaired) electrons. The maximum Gasteiger partial charge on any atom is 0.249 e. The summed E-state index contributed by atoms with van der Waals surface area (Å²) in [4.78, 5) is 13.3. The predicted octanol–water partition coefficient (Wildman–Crippen LogP) is 18.4. The molecular weight excluding hydrogens is 1060 g/mol. The van der Waals surface area contributed by atoms with Crippen LogP contribution in [0.25, 0.3) is 0 Å². The van der Waals surface area contributed by atoms with Gasteiger partial charge in [-0.3, -0.25) is 4.79 Å². The number of amides is 1. The van der Waals surface area contributed by atoms with Crippen LogP contribution < -0.4 is 5.32 Å². The number of aliphatic hydroxyl groups excluding tert-OH is 7. The largest absolute Gasteiger partial charge is 0.394 e. The van der Waals surface area contributed by atoms with Gasteiger partial charge in [-0.05, 0) is 51.4 Å². The molecule has 9 atom stereocenters. The Morgan fingerprint density at radius 3 is 1.05 bits per heavy atom. The number of aliphatic hydroxyl groups is 7. The van der Waals surface area contributed by atoms with Crippen LogP contribution in [0.1, 0.15) is 373 Å². The van der Waals surface area contributed by atoms with Crippen LogP contribution in [0.4, 0.5) is 0 Å². The molecule has 0 bridgehead atoms. The molecule has 0 aromatic carbocycles. The molecule has 8 N–H and O–H groups in total. The first-order chi connectivity index (χ1) is 41.7. The highest BCUT2D eigenvalue weighted by Crippen LogP contribution is 2.24. The Morgan fingerprint density at radius 1 is 0.400 bits per heavy atom. The van der Waals surface area contributed by atoms with Crippen LogP contribution in [0, 0.1) is 0 Å². The summed E-state index contributed by atoms with van der Waals surface area (Å²) >= 11 is 0. The summed E-state index contributed by atoms with van der Waals surface area (Å²) in [6.45, 7) is 3.51. The summed E-state index contributed by atoms with van der Waals surface area (Å²) in [7, 11) is 0. The molecule has 11 nitrogen and oxygen atoms in total. The minimum Gasteiger partial charge on any atom is -0.394 e. The first kappa shape index (κ1) is 81.6. The monoisotopic (exact) mass is 1210 g/mol. The number of hydrogen-bond donors (Lipinski definition) is 8. The summed E-state index contributed by atoms with van der Waals surface area (Å²) in [5.74, 6) is -0.702. The molecule has 0 aliphatic carbocycles. The second-order valence-electron chi connectivity index (χ2n) is 26.4. The van der Waals surface area contributed by atoms with Crippen LogP contribution in [-0.2, 0) is 14.3 Å². The van der Waals surface area contributed by atoms with E-state index in [9.17, 15) is 40.5 Å². The molecule has 1 heterocycles. The number of ether oxygens (including phenoxy) is 2. The normalized spacial score (nSPS) is 18.9. The van der Waals surface area contributed by atoms with Crippen molar-refractivity contribution >= 4 is 5.91 Å². The molecule has 1 fully saturated rings. The van der Waals surface area contributed by atoms with Gasteiger partial charge in [0.15, 0.2) is 6.29 Å². The highest BCUT2D eigenvalue weighted by Gasteiger charge is 2.44. The van der Waals surface area contributed by atoms with Gasteiger partial charge in [0.1, 0.15) is 36.6 Å². The van der Waals surface area contributed by atoms with Crippen molar-refractivity contribution in [2.24, 2.45) is 0 Å². The standard InChI is InChI=1S/C74H143NO10/c1-3-5-7-9-11-13-15-17-19-21-23-25-27-29-31-33-34-36-37-39-41-43-45-47-49-51-53-55-57-59-61-66(77)69(79)65(64-84-74-72(82)71(81)70(80)68(63-76)85-74)75-73(83)67(78)62-60-58-56-54-52-50-48-46-44-42-40-38-35-32-30-28-26-24-22-20-18-16-14-12-10-8-6-4-2/h45,47,53,55,65-72,74,76-82H,3-44,46,48-52,54,56-64H2,1-2H3,(H,75,83)/b47-45+,55-53+. The minimum absolute atomic E-state index is 0.250. The van der Waals surface area contributed by atoms with E-state index in [1.165, 1.54) is 289 Å². The van der Waals surface area contributed by atoms with Gasteiger partial charge in [-0.1, -0.05) is 346 Å². The molecular formula is C74H143NO10. The van der Waals surface area contributed by atoms with Crippen LogP contribution >= 0.6 is 0 Å². The highest BCUT2D eigenvalue weighted by atomic mass is 16.7. The average Bonchev–Trinajstić information content (AvgIpc) is 3.61. The van der Waals surface area contributed by atoms with E-state index < -0.39 is 74.2 Å². The third-order valence-corrected chi connectivity index (χ3v) is 18.2. The first-order valence-corrected chi connectivity index (χ1v) is 37.2. The summed E-state index contributed by atoms with van der Waals surface area (Å²) in [5.41, 5.74) is 0. The van der Waals surface area contributed by atoms with Crippen molar-refractivity contribution in [3.8, 4) is 0 Å². The fourth-order valence-electron chi connectivity index (χ4n) is 12.3. The van der Waals surface area contributed by atoms with Crippen molar-refractivity contribution in [3.63, 3.8) is 0 Å². The summed E-state index contributed by atoms with van der Waals surface area (Å²) in [5, 5.41) is 76.6. The zero-order chi connectivity index (χ0) is 61.7. The number of carbonyl (C=O) groups excluding carboxylic acids is 1. The molecule has 85 heavy (non-hydrogen) atoms. The molecule has 11 heteroatoms. The second-order valence-corrected chi connectivity index (χ2v) is 26.4. The molecule has 0 saturated carbocycles. The van der Waals surface area contributed by atoms with Crippen molar-refractivity contribution in [2.45, 2.75) is 428 Å². The maximum atomic E-state index is 13.3. The smallest absolute Gasteiger partial charge is 0.249 e. The lowest BCUT2D eigenvalue weighted by atomic mass is 9.98. The van der Waals surface area contributed by atoms with E-state index in [0.717, 1.165) is 38.5 Å². The summed E-state index contributed by atoms with van der Waals surface area (Å²) in [6.07, 6.45) is 68.5. The Balaban J connectivity index is 2.19. The number of nitrogens with one attached hydrogen (secondary N) is 1. The van der Waals surface area contributed by atoms with Crippen LogP contribution in [0.5, 0.6) is 0 Å². The lowest BCUT2D eigenvalue weighted by Gasteiger charge is -2.40. The van der Waals surface area contributed by atoms with Crippen molar-refractivity contribution < 1.29 is 50.0 Å². The number of unbranched alkanes of at least 4 members (excludes halogenated alkanes) is 50. The van der Waals surface area contributed by atoms with Gasteiger partial charge in [-0.2, -0.15) is 0 Å². The van der Waals surface area contributed by atoms with E-state index in [2.05, 4.69) is 43.5 Å². The SMILES string of the molecule is CCCCCCCCCCCCCCCCCCCCCCC/C=C/CC/C=C/CCCC(O)C(O)C(COC1OC(CO)C(O)C(O)C1O)NC(=O)C(O)CCCCCCCCCCCCCCCCCCCCCCCCCCCCCC. The van der Waals surface area contributed by atoms with Crippen molar-refractivity contribution in [1.29, 1.82) is 0 Å². The summed E-state index contributed by atoms with van der Waals surface area (Å²) in [6, 6.07) is -1.19. The zero-order valence-electron chi connectivity index (χ0n) is 55.9. The van der Waals surface area contributed by atoms with Gasteiger partial charge < -0.3 is 50.5 Å². The quantitative estimate of drug-likeness (QED) is 0.0215. The molecule has 1 rings (SSSR count). The molecule has 504 valence electrons. The number of hydrogen-bond acceptors (Lipinski definition) is 10. The lowest BCUT2D eigenvalue weighted by Crippen LogP contribution is -2.60. The molecule has 1 amide bonds. The van der Waals surface area contributed by atoms with E-state index in [1.54, 1.807) is 0 Å². The van der Waals surface area contributed by atoms with Gasteiger partial charge in [-0.15, -0.1) is 0 Å². The molecule has 1 aliphatic rings. The van der Waals surface area contributed by atoms with Crippen LogP contribution in [-0.4, -0.2) is 110 Å². The Hall–Kier alpha value is -1.41. The van der Waals surface area contributed by atoms with Gasteiger partial charge in [0.05, 0.1) is 25.4 Å². The van der Waals surface area contributed by atoms with Crippen molar-refractivity contribution in [2.75, 3.05) is 13.2 Å². The second kappa shape index (κ2) is 62.8.